The van der Waals surface area contributed by atoms with Gasteiger partial charge < -0.3 is 9.84 Å². The highest BCUT2D eigenvalue weighted by Gasteiger charge is 2.22. The Balaban J connectivity index is 2.46. The summed E-state index contributed by atoms with van der Waals surface area (Å²) >= 11 is 0. The third kappa shape index (κ3) is 2.76. The van der Waals surface area contributed by atoms with Crippen LogP contribution in [-0.2, 0) is 6.54 Å². The second kappa shape index (κ2) is 5.84. The summed E-state index contributed by atoms with van der Waals surface area (Å²) in [4.78, 5) is 21.6. The molecule has 0 unspecified atom stereocenters. The number of hydrogen-bond donors (Lipinski definition) is 1. The Hall–Kier alpha value is -2.90. The lowest BCUT2D eigenvalue weighted by Crippen LogP contribution is -2.07. The molecule has 1 N–H and O–H groups in total. The molecule has 1 aromatic carbocycles. The Morgan fingerprint density at radius 1 is 1.45 bits per heavy atom. The number of hydrogen-bond acceptors (Lipinski definition) is 5. The van der Waals surface area contributed by atoms with E-state index in [9.17, 15) is 14.9 Å². The standard InChI is InChI=1S/C14H15N3O5/c1-8-13(17(20)21)9(2)16(15-8)7-11-6-10(14(18)19)4-5-12(11)22-3/h4-6H,7H2,1-3H3,(H,18,19). The predicted molar refractivity (Wildman–Crippen MR) is 77.4 cm³/mol. The maximum absolute atomic E-state index is 11.1. The third-order valence-electron chi connectivity index (χ3n) is 3.37. The molecular formula is C14H15N3O5. The van der Waals surface area contributed by atoms with Gasteiger partial charge in [0.1, 0.15) is 17.1 Å². The lowest BCUT2D eigenvalue weighted by atomic mass is 10.1. The number of carboxylic acids is 1. The van der Waals surface area contributed by atoms with Gasteiger partial charge in [0.15, 0.2) is 0 Å². The molecule has 22 heavy (non-hydrogen) atoms. The molecule has 2 aromatic rings. The molecule has 1 heterocycles. The Kier molecular flexibility index (Phi) is 4.11. The molecule has 0 bridgehead atoms. The van der Waals surface area contributed by atoms with Crippen molar-refractivity contribution in [3.8, 4) is 5.75 Å². The molecule has 1 aromatic heterocycles. The molecule has 0 fully saturated rings. The summed E-state index contributed by atoms with van der Waals surface area (Å²) in [5.74, 6) is -0.552. The second-order valence-electron chi connectivity index (χ2n) is 4.77. The van der Waals surface area contributed by atoms with Gasteiger partial charge in [0.25, 0.3) is 0 Å². The molecule has 0 spiro atoms. The van der Waals surface area contributed by atoms with Crippen LogP contribution in [0.3, 0.4) is 0 Å². The Bertz CT molecular complexity index is 751. The van der Waals surface area contributed by atoms with Crippen molar-refractivity contribution in [2.45, 2.75) is 20.4 Å². The van der Waals surface area contributed by atoms with E-state index in [2.05, 4.69) is 5.10 Å². The first kappa shape index (κ1) is 15.5. The fourth-order valence-electron chi connectivity index (χ4n) is 2.30. The van der Waals surface area contributed by atoms with Crippen LogP contribution in [-0.4, -0.2) is 32.9 Å². The highest BCUT2D eigenvalue weighted by molar-refractivity contribution is 5.88. The number of nitrogens with zero attached hydrogens (tertiary/aromatic N) is 3. The number of aromatic carboxylic acids is 1. The molecule has 0 aliphatic heterocycles. The van der Waals surface area contributed by atoms with Crippen molar-refractivity contribution in [2.75, 3.05) is 7.11 Å². The first-order valence-corrected chi connectivity index (χ1v) is 6.43. The number of carboxylic acid groups (broad SMARTS) is 1. The number of aromatic nitrogens is 2. The average Bonchev–Trinajstić information content (AvgIpc) is 2.73. The maximum Gasteiger partial charge on any atom is 0.335 e. The van der Waals surface area contributed by atoms with Gasteiger partial charge in [0, 0.05) is 5.56 Å². The minimum Gasteiger partial charge on any atom is -0.496 e. The van der Waals surface area contributed by atoms with Crippen LogP contribution >= 0.6 is 0 Å². The lowest BCUT2D eigenvalue weighted by molar-refractivity contribution is -0.386. The van der Waals surface area contributed by atoms with Crippen molar-refractivity contribution in [2.24, 2.45) is 0 Å². The van der Waals surface area contributed by atoms with Crippen LogP contribution in [0.25, 0.3) is 0 Å². The summed E-state index contributed by atoms with van der Waals surface area (Å²) in [6, 6.07) is 4.47. The molecule has 0 aliphatic rings. The zero-order valence-electron chi connectivity index (χ0n) is 12.4. The predicted octanol–water partition coefficient (Wildman–Crippen LogP) is 2.16. The van der Waals surface area contributed by atoms with Gasteiger partial charge in [-0.2, -0.15) is 5.10 Å². The summed E-state index contributed by atoms with van der Waals surface area (Å²) in [6.45, 7) is 3.35. The van der Waals surface area contributed by atoms with E-state index in [0.717, 1.165) is 0 Å². The topological polar surface area (TPSA) is 107 Å². The van der Waals surface area contributed by atoms with Gasteiger partial charge in [-0.15, -0.1) is 0 Å². The normalized spacial score (nSPS) is 10.5. The van der Waals surface area contributed by atoms with Crippen LogP contribution in [0.4, 0.5) is 5.69 Å². The number of aryl methyl sites for hydroxylation is 1. The highest BCUT2D eigenvalue weighted by atomic mass is 16.6. The van der Waals surface area contributed by atoms with Crippen LogP contribution in [0.1, 0.15) is 27.3 Å². The number of nitro groups is 1. The monoisotopic (exact) mass is 305 g/mol. The van der Waals surface area contributed by atoms with Crippen LogP contribution in [0, 0.1) is 24.0 Å². The SMILES string of the molecule is COc1ccc(C(=O)O)cc1Cn1nc(C)c([N+](=O)[O-])c1C. The molecule has 0 saturated carbocycles. The molecule has 8 nitrogen and oxygen atoms in total. The fourth-order valence-corrected chi connectivity index (χ4v) is 2.30. The van der Waals surface area contributed by atoms with Gasteiger partial charge in [-0.3, -0.25) is 14.8 Å². The van der Waals surface area contributed by atoms with Gasteiger partial charge in [0.2, 0.25) is 0 Å². The number of carbonyl (C=O) groups is 1. The van der Waals surface area contributed by atoms with E-state index >= 15 is 0 Å². The molecule has 0 aliphatic carbocycles. The van der Waals surface area contributed by atoms with Gasteiger partial charge in [-0.25, -0.2) is 4.79 Å². The average molecular weight is 305 g/mol. The van der Waals surface area contributed by atoms with E-state index in [4.69, 9.17) is 9.84 Å². The Labute approximate surface area is 126 Å². The number of methoxy groups -OCH3 is 1. The first-order chi connectivity index (χ1) is 10.3. The summed E-state index contributed by atoms with van der Waals surface area (Å²) in [5.41, 5.74) is 1.39. The minimum atomic E-state index is -1.05. The zero-order valence-corrected chi connectivity index (χ0v) is 12.4. The first-order valence-electron chi connectivity index (χ1n) is 6.43. The smallest absolute Gasteiger partial charge is 0.335 e. The van der Waals surface area contributed by atoms with Crippen LogP contribution in [0.15, 0.2) is 18.2 Å². The van der Waals surface area contributed by atoms with Crippen molar-refractivity contribution in [3.63, 3.8) is 0 Å². The van der Waals surface area contributed by atoms with Gasteiger partial charge in [-0.05, 0) is 32.0 Å². The second-order valence-corrected chi connectivity index (χ2v) is 4.77. The van der Waals surface area contributed by atoms with E-state index in [-0.39, 0.29) is 17.8 Å². The van der Waals surface area contributed by atoms with Gasteiger partial charge in [-0.1, -0.05) is 0 Å². The highest BCUT2D eigenvalue weighted by Crippen LogP contribution is 2.26. The molecular weight excluding hydrogens is 290 g/mol. The van der Waals surface area contributed by atoms with Crippen molar-refractivity contribution in [1.29, 1.82) is 0 Å². The minimum absolute atomic E-state index is 0.0339. The zero-order chi connectivity index (χ0) is 16.4. The van der Waals surface area contributed by atoms with Crippen molar-refractivity contribution < 1.29 is 19.6 Å². The summed E-state index contributed by atoms with van der Waals surface area (Å²) in [7, 11) is 1.48. The quantitative estimate of drug-likeness (QED) is 0.670. The van der Waals surface area contributed by atoms with Crippen LogP contribution in [0.5, 0.6) is 5.75 Å². The van der Waals surface area contributed by atoms with Gasteiger partial charge >= 0.3 is 11.7 Å². The van der Waals surface area contributed by atoms with Crippen LogP contribution in [0.2, 0.25) is 0 Å². The third-order valence-corrected chi connectivity index (χ3v) is 3.37. The molecule has 0 atom stereocenters. The molecule has 0 amide bonds. The molecule has 8 heteroatoms. The van der Waals surface area contributed by atoms with Crippen molar-refractivity contribution in [1.82, 2.24) is 9.78 Å². The lowest BCUT2D eigenvalue weighted by Gasteiger charge is -2.10. The largest absolute Gasteiger partial charge is 0.496 e. The number of rotatable bonds is 5. The summed E-state index contributed by atoms with van der Waals surface area (Å²) < 4.78 is 6.68. The van der Waals surface area contributed by atoms with Gasteiger partial charge in [0.05, 0.1) is 24.1 Å². The Morgan fingerprint density at radius 2 is 2.14 bits per heavy atom. The van der Waals surface area contributed by atoms with E-state index in [1.54, 1.807) is 19.9 Å². The van der Waals surface area contributed by atoms with Crippen molar-refractivity contribution in [3.05, 3.63) is 50.8 Å². The van der Waals surface area contributed by atoms with E-state index < -0.39 is 10.9 Å². The molecule has 116 valence electrons. The van der Waals surface area contributed by atoms with E-state index in [1.807, 2.05) is 0 Å². The van der Waals surface area contributed by atoms with Crippen LogP contribution < -0.4 is 4.74 Å². The molecule has 2 rings (SSSR count). The molecule has 0 saturated heterocycles. The number of ether oxygens (including phenoxy) is 1. The van der Waals surface area contributed by atoms with Crippen molar-refractivity contribution >= 4 is 11.7 Å². The summed E-state index contributed by atoms with van der Waals surface area (Å²) in [6.07, 6.45) is 0. The number of benzene rings is 1. The fraction of sp³-hybridized carbons (Fsp3) is 0.286. The Morgan fingerprint density at radius 3 is 2.64 bits per heavy atom. The van der Waals surface area contributed by atoms with E-state index in [1.165, 1.54) is 23.9 Å². The summed E-state index contributed by atoms with van der Waals surface area (Å²) in [5, 5.41) is 24.2. The maximum atomic E-state index is 11.1. The van der Waals surface area contributed by atoms with E-state index in [0.29, 0.717) is 22.7 Å². The molecule has 0 radical (unpaired) electrons.